The Balaban J connectivity index is 0. The number of hydrogen-bond donors (Lipinski definition) is 0. The standard InChI is InChI=1S/C14H24O4.K.Li/c1-3-10(4-2)14(12(15)16,13(17)18)11-8-6-5-7-9-11;;/h10-11H,3-9H2,1-2H3,(H,15,16)(H,17,18);;/q;2*+1/p-2. The van der Waals surface area contributed by atoms with E-state index in [1.54, 1.807) is 0 Å². The summed E-state index contributed by atoms with van der Waals surface area (Å²) in [6.45, 7) is 3.66. The van der Waals surface area contributed by atoms with Gasteiger partial charge in [0.1, 0.15) is 0 Å². The van der Waals surface area contributed by atoms with Crippen LogP contribution < -0.4 is 80.5 Å². The Morgan fingerprint density at radius 2 is 1.45 bits per heavy atom. The molecule has 0 radical (unpaired) electrons. The zero-order valence-corrected chi connectivity index (χ0v) is 16.4. The van der Waals surface area contributed by atoms with Crippen molar-refractivity contribution >= 4 is 11.9 Å². The van der Waals surface area contributed by atoms with Crippen LogP contribution in [0.3, 0.4) is 0 Å². The molecule has 6 heteroatoms. The van der Waals surface area contributed by atoms with Crippen molar-refractivity contribution in [1.29, 1.82) is 0 Å². The first-order valence-electron chi connectivity index (χ1n) is 6.94. The van der Waals surface area contributed by atoms with Crippen molar-refractivity contribution < 1.29 is 90.0 Å². The molecular weight excluding hydrogens is 278 g/mol. The van der Waals surface area contributed by atoms with E-state index in [-0.39, 0.29) is 76.2 Å². The van der Waals surface area contributed by atoms with Crippen LogP contribution in [0.2, 0.25) is 0 Å². The molecule has 1 aliphatic carbocycles. The average Bonchev–Trinajstić information content (AvgIpc) is 2.35. The van der Waals surface area contributed by atoms with Crippen LogP contribution in [0.5, 0.6) is 0 Å². The molecule has 1 fully saturated rings. The fourth-order valence-electron chi connectivity index (χ4n) is 3.57. The molecule has 1 saturated carbocycles. The predicted octanol–water partition coefficient (Wildman–Crippen LogP) is -5.50. The number of carboxylic acids is 2. The number of rotatable bonds is 6. The molecule has 104 valence electrons. The smallest absolute Gasteiger partial charge is 0.549 e. The molecule has 0 N–H and O–H groups in total. The normalized spacial score (nSPS) is 16.1. The Kier molecular flexibility index (Phi) is 12.7. The third-order valence-corrected chi connectivity index (χ3v) is 4.55. The minimum Gasteiger partial charge on any atom is -0.549 e. The van der Waals surface area contributed by atoms with Gasteiger partial charge in [0.25, 0.3) is 0 Å². The quantitative estimate of drug-likeness (QED) is 0.362. The van der Waals surface area contributed by atoms with Crippen LogP contribution in [0.1, 0.15) is 58.8 Å². The van der Waals surface area contributed by atoms with Gasteiger partial charge in [0.2, 0.25) is 0 Å². The van der Waals surface area contributed by atoms with E-state index in [0.29, 0.717) is 25.7 Å². The maximum atomic E-state index is 11.6. The van der Waals surface area contributed by atoms with Crippen LogP contribution in [0.15, 0.2) is 0 Å². The molecule has 0 aromatic heterocycles. The summed E-state index contributed by atoms with van der Waals surface area (Å²) < 4.78 is 0. The molecule has 4 nitrogen and oxygen atoms in total. The zero-order chi connectivity index (χ0) is 13.8. The molecule has 1 rings (SSSR count). The maximum absolute atomic E-state index is 11.6. The third-order valence-electron chi connectivity index (χ3n) is 4.55. The third kappa shape index (κ3) is 4.58. The molecule has 0 spiro atoms. The monoisotopic (exact) mass is 300 g/mol. The zero-order valence-electron chi connectivity index (χ0n) is 13.2. The van der Waals surface area contributed by atoms with E-state index >= 15 is 0 Å². The molecule has 0 amide bonds. The van der Waals surface area contributed by atoms with Gasteiger partial charge in [-0.05, 0) is 24.7 Å². The summed E-state index contributed by atoms with van der Waals surface area (Å²) in [5, 5.41) is 23.2. The van der Waals surface area contributed by atoms with Crippen molar-refractivity contribution in [3.8, 4) is 0 Å². The Hall–Kier alpha value is 1.17. The minimum atomic E-state index is -1.80. The van der Waals surface area contributed by atoms with Gasteiger partial charge in [-0.2, -0.15) is 0 Å². The van der Waals surface area contributed by atoms with Crippen molar-refractivity contribution in [3.05, 3.63) is 0 Å². The number of carbonyl (C=O) groups is 2. The van der Waals surface area contributed by atoms with Gasteiger partial charge in [0.05, 0.1) is 17.4 Å². The van der Waals surface area contributed by atoms with Crippen molar-refractivity contribution in [1.82, 2.24) is 0 Å². The summed E-state index contributed by atoms with van der Waals surface area (Å²) in [6.07, 6.45) is 5.19. The van der Waals surface area contributed by atoms with Gasteiger partial charge in [0.15, 0.2) is 0 Å². The molecule has 0 aliphatic heterocycles. The number of carbonyl (C=O) groups excluding carboxylic acids is 2. The number of aliphatic carboxylic acids is 2. The van der Waals surface area contributed by atoms with Gasteiger partial charge in [0, 0.05) is 0 Å². The van der Waals surface area contributed by atoms with Gasteiger partial charge in [-0.25, -0.2) is 0 Å². The second-order valence-electron chi connectivity index (χ2n) is 5.29. The summed E-state index contributed by atoms with van der Waals surface area (Å²) >= 11 is 0. The van der Waals surface area contributed by atoms with Gasteiger partial charge < -0.3 is 19.8 Å². The summed E-state index contributed by atoms with van der Waals surface area (Å²) in [4.78, 5) is 23.2. The van der Waals surface area contributed by atoms with E-state index in [4.69, 9.17) is 0 Å². The topological polar surface area (TPSA) is 80.3 Å². The molecule has 20 heavy (non-hydrogen) atoms. The first-order valence-corrected chi connectivity index (χ1v) is 6.94. The van der Waals surface area contributed by atoms with Gasteiger partial charge in [-0.15, -0.1) is 0 Å². The first-order chi connectivity index (χ1) is 8.51. The molecule has 1 aliphatic rings. The molecular formula is C14H22KLiO4. The van der Waals surface area contributed by atoms with E-state index < -0.39 is 23.3 Å². The summed E-state index contributed by atoms with van der Waals surface area (Å²) in [6, 6.07) is 0. The van der Waals surface area contributed by atoms with Crippen LogP contribution in [0.4, 0.5) is 0 Å². The van der Waals surface area contributed by atoms with E-state index in [1.165, 1.54) is 0 Å². The average molecular weight is 300 g/mol. The van der Waals surface area contributed by atoms with E-state index in [9.17, 15) is 19.8 Å². The fourth-order valence-corrected chi connectivity index (χ4v) is 3.57. The SMILES string of the molecule is CCC(CC)C(C(=O)[O-])(C(=O)[O-])C1CCCCC1.[K+].[Li+]. The van der Waals surface area contributed by atoms with Crippen LogP contribution >= 0.6 is 0 Å². The summed E-state index contributed by atoms with van der Waals surface area (Å²) in [7, 11) is 0. The number of hydrogen-bond acceptors (Lipinski definition) is 4. The van der Waals surface area contributed by atoms with E-state index in [2.05, 4.69) is 0 Å². The Bertz CT molecular complexity index is 298. The van der Waals surface area contributed by atoms with E-state index in [1.807, 2.05) is 13.8 Å². The maximum Gasteiger partial charge on any atom is 1.00 e. The van der Waals surface area contributed by atoms with Crippen molar-refractivity contribution in [2.24, 2.45) is 17.3 Å². The summed E-state index contributed by atoms with van der Waals surface area (Å²) in [5.74, 6) is -3.66. The van der Waals surface area contributed by atoms with Crippen LogP contribution in [0.25, 0.3) is 0 Å². The second kappa shape index (κ2) is 10.8. The van der Waals surface area contributed by atoms with Crippen LogP contribution in [-0.4, -0.2) is 11.9 Å². The van der Waals surface area contributed by atoms with Crippen molar-refractivity contribution in [2.45, 2.75) is 58.8 Å². The van der Waals surface area contributed by atoms with Crippen molar-refractivity contribution in [3.63, 3.8) is 0 Å². The molecule has 0 heterocycles. The van der Waals surface area contributed by atoms with Gasteiger partial charge >= 0.3 is 70.2 Å². The Labute approximate surface area is 176 Å². The predicted molar refractivity (Wildman–Crippen MR) is 63.1 cm³/mol. The molecule has 0 bridgehead atoms. The van der Waals surface area contributed by atoms with E-state index in [0.717, 1.165) is 19.3 Å². The van der Waals surface area contributed by atoms with Gasteiger partial charge in [-0.3, -0.25) is 0 Å². The molecule has 0 unspecified atom stereocenters. The fraction of sp³-hybridized carbons (Fsp3) is 0.857. The van der Waals surface area contributed by atoms with Crippen LogP contribution in [0, 0.1) is 17.3 Å². The molecule has 0 saturated heterocycles. The first kappa shape index (κ1) is 23.4. The molecule has 0 atom stereocenters. The van der Waals surface area contributed by atoms with Gasteiger partial charge in [-0.1, -0.05) is 46.0 Å². The largest absolute Gasteiger partial charge is 1.00 e. The van der Waals surface area contributed by atoms with Crippen LogP contribution in [-0.2, 0) is 9.59 Å². The molecule has 0 aromatic carbocycles. The molecule has 0 aromatic rings. The Morgan fingerprint density at radius 1 is 1.05 bits per heavy atom. The number of carboxylic acid groups (broad SMARTS) is 2. The van der Waals surface area contributed by atoms with Crippen molar-refractivity contribution in [2.75, 3.05) is 0 Å². The minimum absolute atomic E-state index is 0. The summed E-state index contributed by atoms with van der Waals surface area (Å²) in [5.41, 5.74) is -1.80. The second-order valence-corrected chi connectivity index (χ2v) is 5.29. The Morgan fingerprint density at radius 3 is 1.75 bits per heavy atom.